The van der Waals surface area contributed by atoms with Crippen molar-refractivity contribution in [2.24, 2.45) is 0 Å². The van der Waals surface area contributed by atoms with Crippen molar-refractivity contribution < 1.29 is 17.7 Å². The lowest BCUT2D eigenvalue weighted by atomic mass is 9.97. The van der Waals surface area contributed by atoms with Crippen LogP contribution in [-0.2, 0) is 28.5 Å². The maximum Gasteiger partial charge on any atom is 0.251 e. The van der Waals surface area contributed by atoms with Gasteiger partial charge in [-0.3, -0.25) is 4.79 Å². The molecule has 0 spiro atoms. The standard InChI is InChI=1S/C21H24N4O4S/c1-21(2,3)20-24-18(25-29-20)14-22-19(26)16-10-7-11-17(12-16)30(27,28)23-13-15-8-5-4-6-9-15/h4-12,23H,13-14H2,1-3H3,(H,22,26). The third-order valence-electron chi connectivity index (χ3n) is 4.23. The minimum atomic E-state index is -3.76. The van der Waals surface area contributed by atoms with Crippen molar-refractivity contribution >= 4 is 15.9 Å². The van der Waals surface area contributed by atoms with Gasteiger partial charge in [-0.15, -0.1) is 0 Å². The van der Waals surface area contributed by atoms with E-state index in [0.29, 0.717) is 11.7 Å². The largest absolute Gasteiger partial charge is 0.345 e. The number of nitrogens with zero attached hydrogens (tertiary/aromatic N) is 2. The molecule has 0 unspecified atom stereocenters. The molecule has 0 saturated carbocycles. The number of rotatable bonds is 7. The lowest BCUT2D eigenvalue weighted by Gasteiger charge is -2.10. The Morgan fingerprint density at radius 1 is 1.03 bits per heavy atom. The van der Waals surface area contributed by atoms with Crippen molar-refractivity contribution in [2.45, 2.75) is 44.2 Å². The minimum absolute atomic E-state index is 0.0145. The zero-order chi connectivity index (χ0) is 21.8. The Bertz CT molecular complexity index is 1120. The molecule has 0 aliphatic carbocycles. The van der Waals surface area contributed by atoms with Crippen LogP contribution in [0.15, 0.2) is 64.0 Å². The molecule has 0 fully saturated rings. The molecule has 2 N–H and O–H groups in total. The normalized spacial score (nSPS) is 12.0. The number of benzene rings is 2. The highest BCUT2D eigenvalue weighted by atomic mass is 32.2. The van der Waals surface area contributed by atoms with E-state index in [4.69, 9.17) is 4.52 Å². The summed E-state index contributed by atoms with van der Waals surface area (Å²) in [6.45, 7) is 6.07. The first kappa shape index (κ1) is 21.7. The van der Waals surface area contributed by atoms with Crippen LogP contribution in [0.2, 0.25) is 0 Å². The van der Waals surface area contributed by atoms with Crippen LogP contribution < -0.4 is 10.0 Å². The summed E-state index contributed by atoms with van der Waals surface area (Å²) < 4.78 is 32.9. The number of nitrogens with one attached hydrogen (secondary N) is 2. The average molecular weight is 429 g/mol. The summed E-state index contributed by atoms with van der Waals surface area (Å²) in [6.07, 6.45) is 0. The van der Waals surface area contributed by atoms with Crippen molar-refractivity contribution in [3.8, 4) is 0 Å². The topological polar surface area (TPSA) is 114 Å². The van der Waals surface area contributed by atoms with Gasteiger partial charge >= 0.3 is 0 Å². The molecule has 0 aliphatic rings. The number of carbonyl (C=O) groups is 1. The van der Waals surface area contributed by atoms with Crippen LogP contribution in [0.4, 0.5) is 0 Å². The first-order valence-electron chi connectivity index (χ1n) is 9.40. The number of carbonyl (C=O) groups excluding carboxylic acids is 1. The molecule has 0 saturated heterocycles. The fraction of sp³-hybridized carbons (Fsp3) is 0.286. The van der Waals surface area contributed by atoms with Crippen LogP contribution in [0.3, 0.4) is 0 Å². The molecule has 0 aliphatic heterocycles. The number of hydrogen-bond acceptors (Lipinski definition) is 6. The number of amides is 1. The fourth-order valence-electron chi connectivity index (χ4n) is 2.55. The summed E-state index contributed by atoms with van der Waals surface area (Å²) >= 11 is 0. The predicted molar refractivity (Wildman–Crippen MR) is 111 cm³/mol. The fourth-order valence-corrected chi connectivity index (χ4v) is 3.62. The van der Waals surface area contributed by atoms with Crippen molar-refractivity contribution in [1.82, 2.24) is 20.2 Å². The Hall–Kier alpha value is -3.04. The Kier molecular flexibility index (Phi) is 6.33. The van der Waals surface area contributed by atoms with E-state index in [-0.39, 0.29) is 29.0 Å². The third-order valence-corrected chi connectivity index (χ3v) is 5.63. The van der Waals surface area contributed by atoms with Gasteiger partial charge in [0, 0.05) is 17.5 Å². The lowest BCUT2D eigenvalue weighted by molar-refractivity contribution is 0.0949. The van der Waals surface area contributed by atoms with Gasteiger partial charge in [0.15, 0.2) is 5.82 Å². The van der Waals surface area contributed by atoms with Gasteiger partial charge in [0.05, 0.1) is 11.4 Å². The second kappa shape index (κ2) is 8.76. The molecule has 0 bridgehead atoms. The van der Waals surface area contributed by atoms with Crippen molar-refractivity contribution in [1.29, 1.82) is 0 Å². The first-order valence-corrected chi connectivity index (χ1v) is 10.9. The number of aromatic nitrogens is 2. The van der Waals surface area contributed by atoms with E-state index in [1.54, 1.807) is 6.07 Å². The van der Waals surface area contributed by atoms with Crippen LogP contribution in [0.25, 0.3) is 0 Å². The second-order valence-electron chi connectivity index (χ2n) is 7.79. The average Bonchev–Trinajstić information content (AvgIpc) is 3.21. The molecule has 9 heteroatoms. The van der Waals surface area contributed by atoms with Gasteiger partial charge in [0.25, 0.3) is 5.91 Å². The van der Waals surface area contributed by atoms with E-state index in [9.17, 15) is 13.2 Å². The van der Waals surface area contributed by atoms with Gasteiger partial charge < -0.3 is 9.84 Å². The second-order valence-corrected chi connectivity index (χ2v) is 9.55. The summed E-state index contributed by atoms with van der Waals surface area (Å²) in [4.78, 5) is 16.7. The summed E-state index contributed by atoms with van der Waals surface area (Å²) in [5.41, 5.74) is 0.770. The molecule has 1 heterocycles. The van der Waals surface area contributed by atoms with Crippen LogP contribution in [-0.4, -0.2) is 24.5 Å². The van der Waals surface area contributed by atoms with Gasteiger partial charge in [0.1, 0.15) is 0 Å². The highest BCUT2D eigenvalue weighted by Crippen LogP contribution is 2.19. The summed E-state index contributed by atoms with van der Waals surface area (Å²) in [6, 6.07) is 15.0. The van der Waals surface area contributed by atoms with Crippen molar-refractivity contribution in [3.05, 3.63) is 77.4 Å². The zero-order valence-corrected chi connectivity index (χ0v) is 17.9. The van der Waals surface area contributed by atoms with Gasteiger partial charge in [-0.2, -0.15) is 4.98 Å². The molecule has 0 atom stereocenters. The molecule has 1 aromatic heterocycles. The monoisotopic (exact) mass is 428 g/mol. The Balaban J connectivity index is 1.65. The molecule has 158 valence electrons. The van der Waals surface area contributed by atoms with E-state index in [1.807, 2.05) is 51.1 Å². The van der Waals surface area contributed by atoms with Gasteiger partial charge in [-0.1, -0.05) is 62.3 Å². The molecular weight excluding hydrogens is 404 g/mol. The van der Waals surface area contributed by atoms with Crippen LogP contribution in [0.1, 0.15) is 48.4 Å². The van der Waals surface area contributed by atoms with Crippen LogP contribution in [0.5, 0.6) is 0 Å². The molecule has 0 radical (unpaired) electrons. The van der Waals surface area contributed by atoms with Crippen molar-refractivity contribution in [2.75, 3.05) is 0 Å². The zero-order valence-electron chi connectivity index (χ0n) is 17.0. The molecule has 1 amide bonds. The SMILES string of the molecule is CC(C)(C)c1nc(CNC(=O)c2cccc(S(=O)(=O)NCc3ccccc3)c2)no1. The Morgan fingerprint density at radius 3 is 2.43 bits per heavy atom. The molecule has 8 nitrogen and oxygen atoms in total. The first-order chi connectivity index (χ1) is 14.1. The quantitative estimate of drug-likeness (QED) is 0.598. The molecular formula is C21H24N4O4S. The maximum absolute atomic E-state index is 12.6. The molecule has 3 rings (SSSR count). The number of hydrogen-bond donors (Lipinski definition) is 2. The Labute approximate surface area is 175 Å². The van der Waals surface area contributed by atoms with E-state index in [2.05, 4.69) is 20.2 Å². The highest BCUT2D eigenvalue weighted by molar-refractivity contribution is 7.89. The van der Waals surface area contributed by atoms with Gasteiger partial charge in [-0.25, -0.2) is 13.1 Å². The minimum Gasteiger partial charge on any atom is -0.345 e. The van der Waals surface area contributed by atoms with E-state index in [0.717, 1.165) is 5.56 Å². The smallest absolute Gasteiger partial charge is 0.251 e. The lowest BCUT2D eigenvalue weighted by Crippen LogP contribution is -2.25. The van der Waals surface area contributed by atoms with Gasteiger partial charge in [-0.05, 0) is 23.8 Å². The predicted octanol–water partition coefficient (Wildman–Crippen LogP) is 2.78. The summed E-state index contributed by atoms with van der Waals surface area (Å²) in [5.74, 6) is 0.392. The molecule has 30 heavy (non-hydrogen) atoms. The van der Waals surface area contributed by atoms with Gasteiger partial charge in [0.2, 0.25) is 15.9 Å². The molecule has 2 aromatic carbocycles. The summed E-state index contributed by atoms with van der Waals surface area (Å²) in [7, 11) is -3.76. The van der Waals surface area contributed by atoms with E-state index in [1.165, 1.54) is 18.2 Å². The highest BCUT2D eigenvalue weighted by Gasteiger charge is 2.22. The van der Waals surface area contributed by atoms with Crippen LogP contribution in [0, 0.1) is 0 Å². The van der Waals surface area contributed by atoms with E-state index < -0.39 is 15.9 Å². The van der Waals surface area contributed by atoms with Crippen molar-refractivity contribution in [3.63, 3.8) is 0 Å². The van der Waals surface area contributed by atoms with E-state index >= 15 is 0 Å². The Morgan fingerprint density at radius 2 is 1.77 bits per heavy atom. The number of sulfonamides is 1. The maximum atomic E-state index is 12.6. The summed E-state index contributed by atoms with van der Waals surface area (Å²) in [5, 5.41) is 6.53. The van der Waals surface area contributed by atoms with Crippen LogP contribution >= 0.6 is 0 Å². The molecule has 3 aromatic rings. The third kappa shape index (κ3) is 5.52.